The molecular formula is C18H20ClFN6S. The molecule has 0 radical (unpaired) electrons. The molecule has 0 bridgehead atoms. The third-order valence-electron chi connectivity index (χ3n) is 4.08. The van der Waals surface area contributed by atoms with Crippen molar-refractivity contribution in [3.63, 3.8) is 0 Å². The van der Waals surface area contributed by atoms with Gasteiger partial charge in [-0.2, -0.15) is 10.2 Å². The van der Waals surface area contributed by atoms with Gasteiger partial charge in [0.05, 0.1) is 12.2 Å². The number of anilines is 1. The lowest BCUT2D eigenvalue weighted by molar-refractivity contribution is 0.586. The Morgan fingerprint density at radius 3 is 2.78 bits per heavy atom. The first-order valence-electron chi connectivity index (χ1n) is 8.50. The summed E-state index contributed by atoms with van der Waals surface area (Å²) in [4.78, 5) is 0. The largest absolute Gasteiger partial charge is 0.358 e. The van der Waals surface area contributed by atoms with Crippen molar-refractivity contribution in [1.29, 1.82) is 0 Å². The van der Waals surface area contributed by atoms with E-state index in [1.165, 1.54) is 6.07 Å². The third-order valence-corrected chi connectivity index (χ3v) is 4.68. The Morgan fingerprint density at radius 1 is 1.26 bits per heavy atom. The Labute approximate surface area is 167 Å². The highest BCUT2D eigenvalue weighted by Crippen LogP contribution is 2.20. The Balaban J connectivity index is 1.57. The highest BCUT2D eigenvalue weighted by atomic mass is 35.5. The van der Waals surface area contributed by atoms with E-state index < -0.39 is 0 Å². The minimum atomic E-state index is -0.354. The number of hydrogen-bond acceptors (Lipinski definition) is 3. The zero-order chi connectivity index (χ0) is 19.4. The smallest absolute Gasteiger partial charge is 0.172 e. The number of aryl methyl sites for hydroxylation is 2. The predicted octanol–water partition coefficient (Wildman–Crippen LogP) is 3.74. The molecule has 142 valence electrons. The number of thiocarbonyl (C=S) groups is 1. The summed E-state index contributed by atoms with van der Waals surface area (Å²) in [6, 6.07) is 6.38. The third kappa shape index (κ3) is 4.84. The van der Waals surface area contributed by atoms with E-state index >= 15 is 0 Å². The molecule has 27 heavy (non-hydrogen) atoms. The lowest BCUT2D eigenvalue weighted by Gasteiger charge is -2.08. The topological polar surface area (TPSA) is 59.7 Å². The monoisotopic (exact) mass is 406 g/mol. The molecule has 0 saturated carbocycles. The van der Waals surface area contributed by atoms with Crippen LogP contribution in [-0.2, 0) is 19.6 Å². The normalized spacial score (nSPS) is 10.8. The Hall–Kier alpha value is -2.45. The highest BCUT2D eigenvalue weighted by molar-refractivity contribution is 7.80. The maximum absolute atomic E-state index is 13.9. The molecule has 2 N–H and O–H groups in total. The van der Waals surface area contributed by atoms with Crippen LogP contribution in [0.3, 0.4) is 0 Å². The molecule has 9 heteroatoms. The van der Waals surface area contributed by atoms with Gasteiger partial charge in [-0.3, -0.25) is 9.36 Å². The van der Waals surface area contributed by atoms with Gasteiger partial charge < -0.3 is 10.6 Å². The summed E-state index contributed by atoms with van der Waals surface area (Å²) in [5, 5.41) is 15.7. The molecule has 0 spiro atoms. The lowest BCUT2D eigenvalue weighted by atomic mass is 10.2. The van der Waals surface area contributed by atoms with E-state index in [2.05, 4.69) is 20.8 Å². The molecular weight excluding hydrogens is 387 g/mol. The molecule has 3 aromatic rings. The summed E-state index contributed by atoms with van der Waals surface area (Å²) in [5.41, 5.74) is 2.46. The van der Waals surface area contributed by atoms with Crippen molar-refractivity contribution >= 4 is 34.7 Å². The first-order valence-corrected chi connectivity index (χ1v) is 9.29. The maximum atomic E-state index is 13.9. The van der Waals surface area contributed by atoms with E-state index in [1.54, 1.807) is 29.1 Å². The van der Waals surface area contributed by atoms with E-state index in [1.807, 2.05) is 24.7 Å². The highest BCUT2D eigenvalue weighted by Gasteiger charge is 2.10. The summed E-state index contributed by atoms with van der Waals surface area (Å²) in [5.74, 6) is 0.216. The lowest BCUT2D eigenvalue weighted by Crippen LogP contribution is -2.28. The van der Waals surface area contributed by atoms with Gasteiger partial charge in [0.2, 0.25) is 0 Å². The van der Waals surface area contributed by atoms with Crippen molar-refractivity contribution in [2.24, 2.45) is 0 Å². The van der Waals surface area contributed by atoms with E-state index in [0.29, 0.717) is 28.1 Å². The standard InChI is InChI=1S/C18H20ClFN6S/c1-3-25-10-13(12(2)23-25)9-21-18(27)22-17-7-8-26(24-17)11-14-15(19)5-4-6-16(14)20/h4-8,10H,3,9,11H2,1-2H3,(H2,21,22,24,27). The van der Waals surface area contributed by atoms with E-state index in [0.717, 1.165) is 17.8 Å². The minimum absolute atomic E-state index is 0.239. The second kappa shape index (κ2) is 8.49. The van der Waals surface area contributed by atoms with Gasteiger partial charge in [0.1, 0.15) is 5.82 Å². The van der Waals surface area contributed by atoms with Crippen LogP contribution < -0.4 is 10.6 Å². The number of hydrogen-bond donors (Lipinski definition) is 2. The fourth-order valence-corrected chi connectivity index (χ4v) is 2.99. The molecule has 2 heterocycles. The SMILES string of the molecule is CCn1cc(CNC(=S)Nc2ccn(Cc3c(F)cccc3Cl)n2)c(C)n1. The molecule has 0 atom stereocenters. The van der Waals surface area contributed by atoms with Crippen molar-refractivity contribution in [2.45, 2.75) is 33.5 Å². The van der Waals surface area contributed by atoms with Crippen LogP contribution in [0.1, 0.15) is 23.7 Å². The van der Waals surface area contributed by atoms with Crippen LogP contribution in [0.4, 0.5) is 10.2 Å². The summed E-state index contributed by atoms with van der Waals surface area (Å²) in [6.07, 6.45) is 3.74. The molecule has 1 aromatic carbocycles. The maximum Gasteiger partial charge on any atom is 0.172 e. The molecule has 0 saturated heterocycles. The van der Waals surface area contributed by atoms with Crippen LogP contribution in [0.2, 0.25) is 5.02 Å². The van der Waals surface area contributed by atoms with E-state index in [9.17, 15) is 4.39 Å². The van der Waals surface area contributed by atoms with Gasteiger partial charge in [0, 0.05) is 47.7 Å². The predicted molar refractivity (Wildman–Crippen MR) is 108 cm³/mol. The van der Waals surface area contributed by atoms with Gasteiger partial charge in [0.25, 0.3) is 0 Å². The van der Waals surface area contributed by atoms with Crippen LogP contribution in [0, 0.1) is 12.7 Å². The molecule has 0 aliphatic carbocycles. The van der Waals surface area contributed by atoms with Gasteiger partial charge in [-0.1, -0.05) is 17.7 Å². The number of nitrogens with zero attached hydrogens (tertiary/aromatic N) is 4. The van der Waals surface area contributed by atoms with Crippen molar-refractivity contribution in [1.82, 2.24) is 24.9 Å². The average Bonchev–Trinajstić information content (AvgIpc) is 3.22. The van der Waals surface area contributed by atoms with Crippen LogP contribution in [0.15, 0.2) is 36.7 Å². The summed E-state index contributed by atoms with van der Waals surface area (Å²) < 4.78 is 17.4. The number of benzene rings is 1. The number of halogens is 2. The van der Waals surface area contributed by atoms with Crippen LogP contribution >= 0.6 is 23.8 Å². The first kappa shape index (κ1) is 19.3. The summed E-state index contributed by atoms with van der Waals surface area (Å²) >= 11 is 11.4. The second-order valence-electron chi connectivity index (χ2n) is 6.00. The minimum Gasteiger partial charge on any atom is -0.358 e. The second-order valence-corrected chi connectivity index (χ2v) is 6.82. The molecule has 0 fully saturated rings. The van der Waals surface area contributed by atoms with Crippen molar-refractivity contribution < 1.29 is 4.39 Å². The first-order chi connectivity index (χ1) is 13.0. The average molecular weight is 407 g/mol. The van der Waals surface area contributed by atoms with Gasteiger partial charge in [0.15, 0.2) is 10.9 Å². The van der Waals surface area contributed by atoms with Gasteiger partial charge in [-0.25, -0.2) is 4.39 Å². The van der Waals surface area contributed by atoms with Crippen molar-refractivity contribution in [3.05, 3.63) is 64.3 Å². The van der Waals surface area contributed by atoms with E-state index in [-0.39, 0.29) is 12.4 Å². The molecule has 0 aliphatic rings. The van der Waals surface area contributed by atoms with Gasteiger partial charge in [-0.05, 0) is 38.2 Å². The molecule has 3 rings (SSSR count). The van der Waals surface area contributed by atoms with Crippen LogP contribution in [0.5, 0.6) is 0 Å². The molecule has 6 nitrogen and oxygen atoms in total. The van der Waals surface area contributed by atoms with E-state index in [4.69, 9.17) is 23.8 Å². The van der Waals surface area contributed by atoms with Gasteiger partial charge in [-0.15, -0.1) is 0 Å². The zero-order valence-electron chi connectivity index (χ0n) is 15.0. The number of nitrogens with one attached hydrogen (secondary N) is 2. The Bertz CT molecular complexity index is 931. The Kier molecular flexibility index (Phi) is 6.08. The van der Waals surface area contributed by atoms with Crippen molar-refractivity contribution in [2.75, 3.05) is 5.32 Å². The zero-order valence-corrected chi connectivity index (χ0v) is 16.6. The summed E-state index contributed by atoms with van der Waals surface area (Å²) in [7, 11) is 0. The van der Waals surface area contributed by atoms with Crippen LogP contribution in [0.25, 0.3) is 0 Å². The molecule has 0 unspecified atom stereocenters. The number of rotatable bonds is 6. The number of aromatic nitrogens is 4. The Morgan fingerprint density at radius 2 is 2.07 bits per heavy atom. The quantitative estimate of drug-likeness (QED) is 0.611. The van der Waals surface area contributed by atoms with Crippen molar-refractivity contribution in [3.8, 4) is 0 Å². The fraction of sp³-hybridized carbons (Fsp3) is 0.278. The summed E-state index contributed by atoms with van der Waals surface area (Å²) in [6.45, 7) is 5.65. The molecule has 2 aromatic heterocycles. The van der Waals surface area contributed by atoms with Crippen LogP contribution in [-0.4, -0.2) is 24.7 Å². The fourth-order valence-electron chi connectivity index (χ4n) is 2.59. The molecule has 0 amide bonds. The molecule has 0 aliphatic heterocycles. The van der Waals surface area contributed by atoms with Gasteiger partial charge >= 0.3 is 0 Å².